The molecule has 1 saturated heterocycles. The maximum absolute atomic E-state index is 13.9. The van der Waals surface area contributed by atoms with Crippen molar-refractivity contribution in [1.29, 1.82) is 0 Å². The van der Waals surface area contributed by atoms with E-state index in [0.29, 0.717) is 30.6 Å². The number of carbonyl (C=O) groups excluding carboxylic acids is 2. The molecule has 2 amide bonds. The Hall–Kier alpha value is -3.21. The van der Waals surface area contributed by atoms with E-state index >= 15 is 0 Å². The van der Waals surface area contributed by atoms with Gasteiger partial charge in [0.1, 0.15) is 0 Å². The summed E-state index contributed by atoms with van der Waals surface area (Å²) in [5.74, 6) is -0.696. The van der Waals surface area contributed by atoms with E-state index in [0.717, 1.165) is 45.0 Å². The van der Waals surface area contributed by atoms with Gasteiger partial charge in [-0.2, -0.15) is 13.2 Å². The summed E-state index contributed by atoms with van der Waals surface area (Å²) in [5.41, 5.74) is 0.102. The van der Waals surface area contributed by atoms with Crippen LogP contribution >= 0.6 is 0 Å². The standard InChI is InChI=1S/C29H39F3N6O2/c1-4-33-26(39)23-8-6-5-7-20(23)17-25-24(29(30,31)32)18-34-28(36-25)35-21-11-9-19(10-12-21)27(40)38(3)22-13-15-37(2)16-14-22/h9-12,18,20,22-23H,4-8,13-17H2,1-3H3,(H,33,39)(H,34,35,36)/t20-,23-/m0/s1. The van der Waals surface area contributed by atoms with E-state index in [1.54, 1.807) is 29.2 Å². The highest BCUT2D eigenvalue weighted by Crippen LogP contribution is 2.37. The SMILES string of the molecule is CCNC(=O)[C@H]1CCCC[C@H]1Cc1nc(Nc2ccc(C(=O)N(C)C3CCN(C)CC3)cc2)ncc1C(F)(F)F. The first-order valence-corrected chi connectivity index (χ1v) is 14.1. The van der Waals surface area contributed by atoms with Crippen LogP contribution in [0.15, 0.2) is 30.5 Å². The van der Waals surface area contributed by atoms with Crippen molar-refractivity contribution in [3.8, 4) is 0 Å². The summed E-state index contributed by atoms with van der Waals surface area (Å²) in [7, 11) is 3.90. The molecule has 0 radical (unpaired) electrons. The van der Waals surface area contributed by atoms with Crippen LogP contribution in [0, 0.1) is 11.8 Å². The average Bonchev–Trinajstić information content (AvgIpc) is 2.93. The second kappa shape index (κ2) is 13.0. The zero-order valence-corrected chi connectivity index (χ0v) is 23.4. The van der Waals surface area contributed by atoms with Crippen molar-refractivity contribution in [3.63, 3.8) is 0 Å². The fourth-order valence-corrected chi connectivity index (χ4v) is 5.80. The number of piperidine rings is 1. The van der Waals surface area contributed by atoms with Crippen molar-refractivity contribution in [2.45, 2.75) is 64.1 Å². The number of anilines is 2. The van der Waals surface area contributed by atoms with E-state index in [1.807, 2.05) is 14.0 Å². The summed E-state index contributed by atoms with van der Waals surface area (Å²) >= 11 is 0. The zero-order chi connectivity index (χ0) is 28.9. The number of halogens is 3. The Morgan fingerprint density at radius 1 is 1.07 bits per heavy atom. The van der Waals surface area contributed by atoms with Gasteiger partial charge in [-0.3, -0.25) is 9.59 Å². The maximum atomic E-state index is 13.9. The third-order valence-corrected chi connectivity index (χ3v) is 8.17. The van der Waals surface area contributed by atoms with Crippen molar-refractivity contribution < 1.29 is 22.8 Å². The van der Waals surface area contributed by atoms with Crippen LogP contribution in [0.4, 0.5) is 24.8 Å². The predicted molar refractivity (Wildman–Crippen MR) is 147 cm³/mol. The minimum Gasteiger partial charge on any atom is -0.356 e. The number of benzene rings is 1. The minimum atomic E-state index is -4.61. The van der Waals surface area contributed by atoms with Gasteiger partial charge in [0.15, 0.2) is 0 Å². The van der Waals surface area contributed by atoms with Crippen molar-refractivity contribution in [2.24, 2.45) is 11.8 Å². The van der Waals surface area contributed by atoms with Gasteiger partial charge in [0.05, 0.1) is 11.3 Å². The first-order valence-electron chi connectivity index (χ1n) is 14.1. The Balaban J connectivity index is 1.48. The van der Waals surface area contributed by atoms with Crippen LogP contribution < -0.4 is 10.6 Å². The van der Waals surface area contributed by atoms with E-state index < -0.39 is 11.7 Å². The fraction of sp³-hybridized carbons (Fsp3) is 0.586. The maximum Gasteiger partial charge on any atom is 0.419 e. The topological polar surface area (TPSA) is 90.5 Å². The van der Waals surface area contributed by atoms with Crippen LogP contribution in [0.3, 0.4) is 0 Å². The molecule has 1 aromatic carbocycles. The summed E-state index contributed by atoms with van der Waals surface area (Å²) in [6.45, 7) is 4.22. The summed E-state index contributed by atoms with van der Waals surface area (Å²) in [6.07, 6.45) is 1.19. The largest absolute Gasteiger partial charge is 0.419 e. The summed E-state index contributed by atoms with van der Waals surface area (Å²) < 4.78 is 41.6. The molecule has 2 N–H and O–H groups in total. The molecule has 2 heterocycles. The lowest BCUT2D eigenvalue weighted by molar-refractivity contribution is -0.138. The number of rotatable bonds is 8. The molecule has 0 unspecified atom stereocenters. The van der Waals surface area contributed by atoms with E-state index in [9.17, 15) is 22.8 Å². The molecule has 2 aromatic rings. The van der Waals surface area contributed by atoms with E-state index in [-0.39, 0.29) is 47.8 Å². The average molecular weight is 561 g/mol. The van der Waals surface area contributed by atoms with Gasteiger partial charge in [-0.1, -0.05) is 12.8 Å². The second-order valence-electron chi connectivity index (χ2n) is 11.0. The van der Waals surface area contributed by atoms with Crippen molar-refractivity contribution in [2.75, 3.05) is 39.0 Å². The zero-order valence-electron chi connectivity index (χ0n) is 23.4. The lowest BCUT2D eigenvalue weighted by Crippen LogP contribution is -2.44. The van der Waals surface area contributed by atoms with Gasteiger partial charge in [-0.25, -0.2) is 9.97 Å². The molecule has 218 valence electrons. The summed E-state index contributed by atoms with van der Waals surface area (Å²) in [6, 6.07) is 6.98. The fourth-order valence-electron chi connectivity index (χ4n) is 5.80. The van der Waals surface area contributed by atoms with Crippen LogP contribution in [-0.2, 0) is 17.4 Å². The van der Waals surface area contributed by atoms with Crippen LogP contribution in [0.2, 0.25) is 0 Å². The van der Waals surface area contributed by atoms with E-state index in [4.69, 9.17) is 0 Å². The summed E-state index contributed by atoms with van der Waals surface area (Å²) in [4.78, 5) is 37.9. The van der Waals surface area contributed by atoms with Gasteiger partial charge in [-0.15, -0.1) is 0 Å². The highest BCUT2D eigenvalue weighted by Gasteiger charge is 2.38. The monoisotopic (exact) mass is 560 g/mol. The Kier molecular flexibility index (Phi) is 9.65. The third kappa shape index (κ3) is 7.30. The van der Waals surface area contributed by atoms with Gasteiger partial charge in [0.2, 0.25) is 11.9 Å². The van der Waals surface area contributed by atoms with Gasteiger partial charge in [0.25, 0.3) is 5.91 Å². The third-order valence-electron chi connectivity index (χ3n) is 8.17. The molecule has 0 bridgehead atoms. The molecule has 1 aliphatic heterocycles. The molecule has 2 fully saturated rings. The normalized spacial score (nSPS) is 20.6. The van der Waals surface area contributed by atoms with Crippen LogP contribution in [0.5, 0.6) is 0 Å². The molecule has 1 aliphatic carbocycles. The number of hydrogen-bond donors (Lipinski definition) is 2. The van der Waals surface area contributed by atoms with Crippen LogP contribution in [0.25, 0.3) is 0 Å². The Morgan fingerprint density at radius 2 is 1.75 bits per heavy atom. The highest BCUT2D eigenvalue weighted by molar-refractivity contribution is 5.94. The molecule has 11 heteroatoms. The first kappa shape index (κ1) is 29.8. The van der Waals surface area contributed by atoms with Gasteiger partial charge < -0.3 is 20.4 Å². The molecule has 2 aliphatic rings. The van der Waals surface area contributed by atoms with Crippen LogP contribution in [-0.4, -0.2) is 71.4 Å². The molecule has 4 rings (SSSR count). The molecule has 40 heavy (non-hydrogen) atoms. The minimum absolute atomic E-state index is 0.0379. The van der Waals surface area contributed by atoms with E-state index in [2.05, 4.69) is 32.5 Å². The highest BCUT2D eigenvalue weighted by atomic mass is 19.4. The van der Waals surface area contributed by atoms with Gasteiger partial charge in [0, 0.05) is 43.0 Å². The number of likely N-dealkylation sites (tertiary alicyclic amines) is 1. The quantitative estimate of drug-likeness (QED) is 0.478. The number of nitrogens with zero attached hydrogens (tertiary/aromatic N) is 4. The smallest absolute Gasteiger partial charge is 0.356 e. The van der Waals surface area contributed by atoms with Crippen LogP contribution in [0.1, 0.15) is 67.1 Å². The van der Waals surface area contributed by atoms with E-state index in [1.165, 1.54) is 0 Å². The Labute approximate surface area is 233 Å². The number of alkyl halides is 3. The predicted octanol–water partition coefficient (Wildman–Crippen LogP) is 4.89. The van der Waals surface area contributed by atoms with Gasteiger partial charge in [-0.05, 0) is 89.3 Å². The number of aromatic nitrogens is 2. The summed E-state index contributed by atoms with van der Waals surface area (Å²) in [5, 5.41) is 5.80. The number of hydrogen-bond acceptors (Lipinski definition) is 6. The Morgan fingerprint density at radius 3 is 2.40 bits per heavy atom. The number of amides is 2. The first-order chi connectivity index (χ1) is 19.1. The molecule has 8 nitrogen and oxygen atoms in total. The molecule has 0 spiro atoms. The number of nitrogens with one attached hydrogen (secondary N) is 2. The molecule has 1 saturated carbocycles. The van der Waals surface area contributed by atoms with Gasteiger partial charge >= 0.3 is 6.18 Å². The lowest BCUT2D eigenvalue weighted by Gasteiger charge is -2.35. The Bertz CT molecular complexity index is 1170. The second-order valence-corrected chi connectivity index (χ2v) is 11.0. The molecular formula is C29H39F3N6O2. The molecule has 2 atom stereocenters. The van der Waals surface area contributed by atoms with Crippen molar-refractivity contribution in [1.82, 2.24) is 25.1 Å². The number of carbonyl (C=O) groups is 2. The molecular weight excluding hydrogens is 521 g/mol. The van der Waals surface area contributed by atoms with Crippen molar-refractivity contribution in [3.05, 3.63) is 47.3 Å². The lowest BCUT2D eigenvalue weighted by atomic mass is 9.76. The van der Waals surface area contributed by atoms with Crippen molar-refractivity contribution >= 4 is 23.5 Å². The molecule has 1 aromatic heterocycles.